The predicted octanol–water partition coefficient (Wildman–Crippen LogP) is 4.95. The summed E-state index contributed by atoms with van der Waals surface area (Å²) in [4.78, 5) is 11.6. The van der Waals surface area contributed by atoms with Gasteiger partial charge in [0, 0.05) is 30.2 Å². The predicted molar refractivity (Wildman–Crippen MR) is 122 cm³/mol. The highest BCUT2D eigenvalue weighted by Gasteiger charge is 2.15. The van der Waals surface area contributed by atoms with E-state index in [9.17, 15) is 9.90 Å². The van der Waals surface area contributed by atoms with Crippen LogP contribution in [0, 0.1) is 0 Å². The molecule has 0 fully saturated rings. The molecule has 1 N–H and O–H groups in total. The minimum atomic E-state index is -1.01. The van der Waals surface area contributed by atoms with Gasteiger partial charge >= 0.3 is 5.97 Å². The molecule has 0 amide bonds. The van der Waals surface area contributed by atoms with Crippen molar-refractivity contribution in [2.75, 3.05) is 14.2 Å². The molecule has 3 aromatic carbocycles. The number of hydrogen-bond donors (Lipinski definition) is 1. The van der Waals surface area contributed by atoms with Crippen LogP contribution >= 0.6 is 0 Å². The first-order valence-electron chi connectivity index (χ1n) is 10.1. The Morgan fingerprint density at radius 2 is 1.66 bits per heavy atom. The lowest BCUT2D eigenvalue weighted by molar-refractivity contribution is -0.131. The Hall–Kier alpha value is -3.77. The van der Waals surface area contributed by atoms with Gasteiger partial charge in [0.25, 0.3) is 0 Å². The second kappa shape index (κ2) is 11.0. The molecule has 3 aromatic rings. The smallest absolute Gasteiger partial charge is 0.308 e. The van der Waals surface area contributed by atoms with Crippen LogP contribution in [0.25, 0.3) is 6.08 Å². The molecule has 0 aliphatic rings. The maximum Gasteiger partial charge on any atom is 0.308 e. The Kier molecular flexibility index (Phi) is 7.89. The Labute approximate surface area is 187 Å². The van der Waals surface area contributed by atoms with Gasteiger partial charge in [-0.2, -0.15) is 0 Å². The van der Waals surface area contributed by atoms with E-state index >= 15 is 0 Å². The number of aliphatic hydroxyl groups excluding tert-OH is 1. The summed E-state index contributed by atoms with van der Waals surface area (Å²) in [5.74, 6) is 1.56. The zero-order valence-corrected chi connectivity index (χ0v) is 18.3. The van der Waals surface area contributed by atoms with Crippen molar-refractivity contribution >= 4 is 12.0 Å². The van der Waals surface area contributed by atoms with Crippen LogP contribution in [0.1, 0.15) is 29.7 Å². The number of esters is 1. The molecule has 0 aliphatic heterocycles. The van der Waals surface area contributed by atoms with Gasteiger partial charge in [0.15, 0.2) is 0 Å². The van der Waals surface area contributed by atoms with E-state index < -0.39 is 12.1 Å². The lowest BCUT2D eigenvalue weighted by atomic mass is 10.1. The van der Waals surface area contributed by atoms with Gasteiger partial charge in [0.05, 0.1) is 14.2 Å². The van der Waals surface area contributed by atoms with Crippen LogP contribution in [0.3, 0.4) is 0 Å². The topological polar surface area (TPSA) is 74.2 Å². The van der Waals surface area contributed by atoms with E-state index in [0.29, 0.717) is 29.4 Å². The van der Waals surface area contributed by atoms with E-state index in [1.54, 1.807) is 56.7 Å². The fraction of sp³-hybridized carbons (Fsp3) is 0.192. The van der Waals surface area contributed by atoms with E-state index in [0.717, 1.165) is 11.1 Å². The molecule has 166 valence electrons. The van der Waals surface area contributed by atoms with Crippen LogP contribution in [0.15, 0.2) is 72.8 Å². The molecular formula is C26H26O6. The summed E-state index contributed by atoms with van der Waals surface area (Å²) in [7, 11) is 3.15. The molecule has 0 aliphatic carbocycles. The summed E-state index contributed by atoms with van der Waals surface area (Å²) in [5, 5.41) is 10.8. The highest BCUT2D eigenvalue weighted by atomic mass is 16.5. The fourth-order valence-electron chi connectivity index (χ4n) is 3.09. The SMILES string of the molecule is COc1ccc(C=CC(O)c2ccc(OCc3ccccc3)cc2OC(C)=O)c(OC)c1. The maximum atomic E-state index is 11.6. The summed E-state index contributed by atoms with van der Waals surface area (Å²) in [6.07, 6.45) is 2.32. The van der Waals surface area contributed by atoms with Crippen molar-refractivity contribution < 1.29 is 28.8 Å². The van der Waals surface area contributed by atoms with Gasteiger partial charge in [-0.15, -0.1) is 0 Å². The number of benzene rings is 3. The van der Waals surface area contributed by atoms with Crippen molar-refractivity contribution in [2.24, 2.45) is 0 Å². The standard InChI is InChI=1S/C26H26O6/c1-18(27)32-26-16-22(31-17-19-7-5-4-6-8-19)12-13-23(26)24(28)14-10-20-9-11-21(29-2)15-25(20)30-3/h4-16,24,28H,17H2,1-3H3. The molecule has 6 heteroatoms. The van der Waals surface area contributed by atoms with E-state index in [4.69, 9.17) is 18.9 Å². The molecule has 6 nitrogen and oxygen atoms in total. The number of carbonyl (C=O) groups excluding carboxylic acids is 1. The molecule has 3 rings (SSSR count). The monoisotopic (exact) mass is 434 g/mol. The quantitative estimate of drug-likeness (QED) is 0.379. The second-order valence-electron chi connectivity index (χ2n) is 6.98. The summed E-state index contributed by atoms with van der Waals surface area (Å²) < 4.78 is 21.7. The van der Waals surface area contributed by atoms with Gasteiger partial charge < -0.3 is 24.1 Å². The third-order valence-electron chi connectivity index (χ3n) is 4.70. The molecular weight excluding hydrogens is 408 g/mol. The van der Waals surface area contributed by atoms with Gasteiger partial charge in [-0.05, 0) is 29.8 Å². The van der Waals surface area contributed by atoms with Crippen molar-refractivity contribution in [3.63, 3.8) is 0 Å². The molecule has 0 saturated heterocycles. The molecule has 0 radical (unpaired) electrons. The van der Waals surface area contributed by atoms with Crippen molar-refractivity contribution in [1.82, 2.24) is 0 Å². The molecule has 0 saturated carbocycles. The van der Waals surface area contributed by atoms with Crippen LogP contribution in [-0.2, 0) is 11.4 Å². The largest absolute Gasteiger partial charge is 0.497 e. The molecule has 1 atom stereocenters. The fourth-order valence-corrected chi connectivity index (χ4v) is 3.09. The zero-order valence-electron chi connectivity index (χ0n) is 18.3. The van der Waals surface area contributed by atoms with Gasteiger partial charge in [-0.25, -0.2) is 0 Å². The Morgan fingerprint density at radius 1 is 0.938 bits per heavy atom. The van der Waals surface area contributed by atoms with E-state index in [1.165, 1.54) is 6.92 Å². The second-order valence-corrected chi connectivity index (χ2v) is 6.98. The average Bonchev–Trinajstić information content (AvgIpc) is 2.81. The van der Waals surface area contributed by atoms with Crippen LogP contribution in [0.2, 0.25) is 0 Å². The number of hydrogen-bond acceptors (Lipinski definition) is 6. The summed E-state index contributed by atoms with van der Waals surface area (Å²) in [6, 6.07) is 20.1. The van der Waals surface area contributed by atoms with E-state index in [2.05, 4.69) is 0 Å². The normalized spacial score (nSPS) is 11.8. The first-order valence-corrected chi connectivity index (χ1v) is 10.1. The zero-order chi connectivity index (χ0) is 22.9. The van der Waals surface area contributed by atoms with Gasteiger partial charge in [0.2, 0.25) is 0 Å². The van der Waals surface area contributed by atoms with Crippen LogP contribution in [0.5, 0.6) is 23.0 Å². The highest BCUT2D eigenvalue weighted by molar-refractivity contribution is 5.70. The molecule has 0 heterocycles. The number of aliphatic hydroxyl groups is 1. The average molecular weight is 434 g/mol. The third-order valence-corrected chi connectivity index (χ3v) is 4.70. The highest BCUT2D eigenvalue weighted by Crippen LogP contribution is 2.32. The maximum absolute atomic E-state index is 11.6. The lowest BCUT2D eigenvalue weighted by Gasteiger charge is -2.15. The van der Waals surface area contributed by atoms with Gasteiger partial charge in [0.1, 0.15) is 35.7 Å². The Balaban J connectivity index is 1.80. The first-order chi connectivity index (χ1) is 15.5. The first kappa shape index (κ1) is 22.9. The van der Waals surface area contributed by atoms with E-state index in [1.807, 2.05) is 36.4 Å². The molecule has 0 bridgehead atoms. The van der Waals surface area contributed by atoms with Gasteiger partial charge in [-0.3, -0.25) is 4.79 Å². The van der Waals surface area contributed by atoms with Crippen LogP contribution < -0.4 is 18.9 Å². The third kappa shape index (κ3) is 6.12. The minimum absolute atomic E-state index is 0.238. The molecule has 0 spiro atoms. The summed E-state index contributed by atoms with van der Waals surface area (Å²) in [5.41, 5.74) is 2.22. The lowest BCUT2D eigenvalue weighted by Crippen LogP contribution is -2.06. The minimum Gasteiger partial charge on any atom is -0.497 e. The van der Waals surface area contributed by atoms with Crippen LogP contribution in [0.4, 0.5) is 0 Å². The van der Waals surface area contributed by atoms with Gasteiger partial charge in [-0.1, -0.05) is 42.5 Å². The van der Waals surface area contributed by atoms with Crippen molar-refractivity contribution in [1.29, 1.82) is 0 Å². The summed E-state index contributed by atoms with van der Waals surface area (Å²) in [6.45, 7) is 1.69. The molecule has 1 unspecified atom stereocenters. The summed E-state index contributed by atoms with van der Waals surface area (Å²) >= 11 is 0. The Bertz CT molecular complexity index is 1070. The van der Waals surface area contributed by atoms with Crippen molar-refractivity contribution in [2.45, 2.75) is 19.6 Å². The molecule has 32 heavy (non-hydrogen) atoms. The van der Waals surface area contributed by atoms with E-state index in [-0.39, 0.29) is 5.75 Å². The number of carbonyl (C=O) groups is 1. The molecule has 0 aromatic heterocycles. The number of ether oxygens (including phenoxy) is 4. The van der Waals surface area contributed by atoms with Crippen molar-refractivity contribution in [3.05, 3.63) is 89.5 Å². The number of rotatable bonds is 9. The van der Waals surface area contributed by atoms with Crippen LogP contribution in [-0.4, -0.2) is 25.3 Å². The van der Waals surface area contributed by atoms with Crippen molar-refractivity contribution in [3.8, 4) is 23.0 Å². The Morgan fingerprint density at radius 3 is 2.34 bits per heavy atom. The number of methoxy groups -OCH3 is 2.